The molecule has 0 aromatic heterocycles. The standard InChI is InChI=1S/C24H21F6N3O4S/c1-35-37-38-33-17-7-3-15(4-8-17)19-13-22(24(28,29)30,32-21(34)20(19)14-31)16-5-9-18(10-6-16)36-12-2-11-23(25,26)27/h3-10,33H,2,11-13H2,1H3,(H,32,34). The number of carbonyl (C=O) groups excluding carboxylic acids is 1. The number of rotatable bonds is 10. The average molecular weight is 562 g/mol. The van der Waals surface area contributed by atoms with E-state index < -0.39 is 42.2 Å². The minimum absolute atomic E-state index is 0.0716. The van der Waals surface area contributed by atoms with Crippen LogP contribution in [0.5, 0.6) is 5.75 Å². The van der Waals surface area contributed by atoms with Gasteiger partial charge in [-0.25, -0.2) is 4.89 Å². The SMILES string of the molecule is COOSNc1ccc(C2=C(C#N)C(=O)NC(c3ccc(OCCCC(F)(F)F)cc3)(C(F)(F)F)C2)cc1. The Bertz CT molecular complexity index is 1190. The molecule has 0 saturated carbocycles. The summed E-state index contributed by atoms with van der Waals surface area (Å²) in [5.41, 5.74) is -3.00. The minimum atomic E-state index is -4.97. The smallest absolute Gasteiger partial charge is 0.416 e. The number of carbonyl (C=O) groups is 1. The Morgan fingerprint density at radius 2 is 1.74 bits per heavy atom. The number of benzene rings is 2. The monoisotopic (exact) mass is 561 g/mol. The third kappa shape index (κ3) is 6.91. The molecule has 0 saturated heterocycles. The summed E-state index contributed by atoms with van der Waals surface area (Å²) in [5, 5.41) is 11.5. The zero-order valence-electron chi connectivity index (χ0n) is 19.7. The highest BCUT2D eigenvalue weighted by Gasteiger charge is 2.59. The van der Waals surface area contributed by atoms with Crippen molar-refractivity contribution in [2.24, 2.45) is 0 Å². The lowest BCUT2D eigenvalue weighted by Crippen LogP contribution is -2.58. The summed E-state index contributed by atoms with van der Waals surface area (Å²) in [6, 6.07) is 12.2. The fourth-order valence-corrected chi connectivity index (χ4v) is 4.14. The molecule has 0 bridgehead atoms. The normalized spacial score (nSPS) is 18.1. The lowest BCUT2D eigenvalue weighted by atomic mass is 9.76. The molecule has 1 aliphatic heterocycles. The largest absolute Gasteiger partial charge is 0.494 e. The Labute approximate surface area is 218 Å². The lowest BCUT2D eigenvalue weighted by Gasteiger charge is -2.40. The predicted octanol–water partition coefficient (Wildman–Crippen LogP) is 6.22. The van der Waals surface area contributed by atoms with Crippen LogP contribution in [-0.2, 0) is 19.6 Å². The summed E-state index contributed by atoms with van der Waals surface area (Å²) in [6.45, 7) is -0.278. The van der Waals surface area contributed by atoms with E-state index in [-0.39, 0.29) is 35.5 Å². The summed E-state index contributed by atoms with van der Waals surface area (Å²) in [4.78, 5) is 17.2. The molecule has 0 radical (unpaired) electrons. The van der Waals surface area contributed by atoms with E-state index in [0.717, 1.165) is 24.4 Å². The van der Waals surface area contributed by atoms with Crippen molar-refractivity contribution >= 4 is 29.4 Å². The maximum Gasteiger partial charge on any atom is 0.416 e. The molecule has 1 heterocycles. The van der Waals surface area contributed by atoms with Crippen molar-refractivity contribution < 1.29 is 45.1 Å². The molecule has 1 aliphatic rings. The first kappa shape index (κ1) is 29.2. The Morgan fingerprint density at radius 1 is 1.08 bits per heavy atom. The van der Waals surface area contributed by atoms with Crippen LogP contribution in [-0.4, -0.2) is 32.0 Å². The van der Waals surface area contributed by atoms with Gasteiger partial charge in [0.25, 0.3) is 5.91 Å². The number of alkyl halides is 6. The zero-order valence-corrected chi connectivity index (χ0v) is 20.5. The van der Waals surface area contributed by atoms with Crippen LogP contribution in [0.15, 0.2) is 54.1 Å². The van der Waals surface area contributed by atoms with E-state index in [0.29, 0.717) is 5.69 Å². The second-order valence-electron chi connectivity index (χ2n) is 8.09. The molecule has 3 rings (SSSR count). The summed E-state index contributed by atoms with van der Waals surface area (Å²) >= 11 is 0.752. The molecule has 2 N–H and O–H groups in total. The van der Waals surface area contributed by atoms with E-state index in [4.69, 9.17) is 4.74 Å². The van der Waals surface area contributed by atoms with E-state index in [1.165, 1.54) is 43.5 Å². The van der Waals surface area contributed by atoms with Gasteiger partial charge in [0.2, 0.25) is 0 Å². The number of nitriles is 1. The second-order valence-corrected chi connectivity index (χ2v) is 8.60. The molecule has 0 fully saturated rings. The van der Waals surface area contributed by atoms with Crippen LogP contribution >= 0.6 is 12.2 Å². The highest BCUT2D eigenvalue weighted by atomic mass is 32.2. The molecule has 0 spiro atoms. The predicted molar refractivity (Wildman–Crippen MR) is 126 cm³/mol. The van der Waals surface area contributed by atoms with Gasteiger partial charge in [0.15, 0.2) is 5.54 Å². The number of hydrogen-bond donors (Lipinski definition) is 2. The highest BCUT2D eigenvalue weighted by Crippen LogP contribution is 2.48. The van der Waals surface area contributed by atoms with Crippen molar-refractivity contribution in [3.63, 3.8) is 0 Å². The lowest BCUT2D eigenvalue weighted by molar-refractivity contribution is -0.201. The van der Waals surface area contributed by atoms with Gasteiger partial charge in [-0.15, -0.1) is 4.33 Å². The summed E-state index contributed by atoms with van der Waals surface area (Å²) in [5.74, 6) is -1.12. The molecule has 204 valence electrons. The second kappa shape index (κ2) is 12.0. The van der Waals surface area contributed by atoms with Crippen LogP contribution in [0.4, 0.5) is 32.0 Å². The van der Waals surface area contributed by atoms with Crippen molar-refractivity contribution in [1.29, 1.82) is 5.26 Å². The number of hydrogen-bond acceptors (Lipinski definition) is 7. The molecule has 2 aromatic carbocycles. The molecular weight excluding hydrogens is 540 g/mol. The molecule has 1 atom stereocenters. The zero-order chi connectivity index (χ0) is 28.0. The third-order valence-corrected chi connectivity index (χ3v) is 6.13. The number of ether oxygens (including phenoxy) is 1. The van der Waals surface area contributed by atoms with E-state index in [9.17, 15) is 36.4 Å². The molecule has 14 heteroatoms. The van der Waals surface area contributed by atoms with Crippen molar-refractivity contribution in [3.05, 3.63) is 65.2 Å². The van der Waals surface area contributed by atoms with Gasteiger partial charge in [-0.2, -0.15) is 31.6 Å². The number of nitrogens with one attached hydrogen (secondary N) is 2. The highest BCUT2D eigenvalue weighted by molar-refractivity contribution is 7.95. The van der Waals surface area contributed by atoms with E-state index in [2.05, 4.69) is 13.9 Å². The van der Waals surface area contributed by atoms with E-state index in [1.807, 2.05) is 5.32 Å². The van der Waals surface area contributed by atoms with E-state index in [1.54, 1.807) is 6.07 Å². The van der Waals surface area contributed by atoms with Crippen molar-refractivity contribution in [2.75, 3.05) is 18.4 Å². The molecule has 2 aromatic rings. The van der Waals surface area contributed by atoms with Gasteiger partial charge in [0, 0.05) is 18.5 Å². The Morgan fingerprint density at radius 3 is 2.29 bits per heavy atom. The van der Waals surface area contributed by atoms with Crippen LogP contribution in [0, 0.1) is 11.3 Å². The number of halogens is 6. The quantitative estimate of drug-likeness (QED) is 0.0889. The van der Waals surface area contributed by atoms with Crippen LogP contribution in [0.3, 0.4) is 0 Å². The topological polar surface area (TPSA) is 92.6 Å². The molecule has 7 nitrogen and oxygen atoms in total. The van der Waals surface area contributed by atoms with Crippen LogP contribution < -0.4 is 14.8 Å². The van der Waals surface area contributed by atoms with Crippen molar-refractivity contribution in [3.8, 4) is 11.8 Å². The summed E-state index contributed by atoms with van der Waals surface area (Å²) < 4.78 is 93.2. The first-order valence-corrected chi connectivity index (χ1v) is 11.7. The Balaban J connectivity index is 1.89. The third-order valence-electron chi connectivity index (χ3n) is 5.61. The van der Waals surface area contributed by atoms with Crippen LogP contribution in [0.1, 0.15) is 30.4 Å². The number of amides is 1. The van der Waals surface area contributed by atoms with Gasteiger partial charge in [-0.1, -0.05) is 24.3 Å². The first-order valence-electron chi connectivity index (χ1n) is 11.0. The minimum Gasteiger partial charge on any atom is -0.494 e. The fraction of sp³-hybridized carbons (Fsp3) is 0.333. The molecular formula is C24H21F6N3O4S. The summed E-state index contributed by atoms with van der Waals surface area (Å²) in [6.07, 6.45) is -11.5. The maximum atomic E-state index is 14.6. The van der Waals surface area contributed by atoms with Crippen LogP contribution in [0.25, 0.3) is 5.57 Å². The Kier molecular flexibility index (Phi) is 9.18. The molecule has 1 amide bonds. The Hall–Kier alpha value is -3.41. The van der Waals surface area contributed by atoms with Gasteiger partial charge >= 0.3 is 12.4 Å². The van der Waals surface area contributed by atoms with Gasteiger partial charge in [0.05, 0.1) is 13.7 Å². The van der Waals surface area contributed by atoms with Gasteiger partial charge in [-0.3, -0.25) is 4.79 Å². The molecule has 0 aliphatic carbocycles. The fourth-order valence-electron chi connectivity index (χ4n) is 3.80. The number of nitrogens with zero attached hydrogens (tertiary/aromatic N) is 1. The van der Waals surface area contributed by atoms with Crippen molar-refractivity contribution in [1.82, 2.24) is 5.32 Å². The molecule has 38 heavy (non-hydrogen) atoms. The maximum absolute atomic E-state index is 14.6. The van der Waals surface area contributed by atoms with E-state index >= 15 is 0 Å². The van der Waals surface area contributed by atoms with Gasteiger partial charge < -0.3 is 14.8 Å². The summed E-state index contributed by atoms with van der Waals surface area (Å²) in [7, 11) is 1.30. The first-order chi connectivity index (χ1) is 17.9. The average Bonchev–Trinajstić information content (AvgIpc) is 2.86. The molecule has 1 unspecified atom stereocenters. The van der Waals surface area contributed by atoms with Gasteiger partial charge in [-0.05, 0) is 47.4 Å². The van der Waals surface area contributed by atoms with Crippen molar-refractivity contribution in [2.45, 2.75) is 37.2 Å². The van der Waals surface area contributed by atoms with Crippen LogP contribution in [0.2, 0.25) is 0 Å². The van der Waals surface area contributed by atoms with Gasteiger partial charge in [0.1, 0.15) is 29.6 Å². The number of anilines is 1.